The molecule has 0 saturated carbocycles. The Balaban J connectivity index is 1.88. The number of hydrogen-bond donors (Lipinski definition) is 1. The predicted octanol–water partition coefficient (Wildman–Crippen LogP) is 4.16. The Labute approximate surface area is 150 Å². The first-order valence-electron chi connectivity index (χ1n) is 8.20. The lowest BCUT2D eigenvalue weighted by Gasteiger charge is -2.12. The number of aryl methyl sites for hydroxylation is 3. The Morgan fingerprint density at radius 3 is 2.50 bits per heavy atom. The Morgan fingerprint density at radius 2 is 1.85 bits per heavy atom. The molecule has 4 nitrogen and oxygen atoms in total. The van der Waals surface area contributed by atoms with Gasteiger partial charge in [-0.3, -0.25) is 4.79 Å². The lowest BCUT2D eigenvalue weighted by molar-refractivity contribution is -0.115. The van der Waals surface area contributed by atoms with Gasteiger partial charge in [0.15, 0.2) is 0 Å². The van der Waals surface area contributed by atoms with Crippen molar-refractivity contribution in [1.29, 1.82) is 0 Å². The van der Waals surface area contributed by atoms with Gasteiger partial charge in [-0.15, -0.1) is 0 Å². The minimum Gasteiger partial charge on any atom is -0.325 e. The molecule has 2 aromatic carbocycles. The molecule has 26 heavy (non-hydrogen) atoms. The predicted molar refractivity (Wildman–Crippen MR) is 96.8 cm³/mol. The molecule has 0 aliphatic rings. The van der Waals surface area contributed by atoms with E-state index >= 15 is 0 Å². The maximum Gasteiger partial charge on any atom is 0.229 e. The largest absolute Gasteiger partial charge is 0.325 e. The summed E-state index contributed by atoms with van der Waals surface area (Å²) in [4.78, 5) is 12.4. The quantitative estimate of drug-likeness (QED) is 0.764. The van der Waals surface area contributed by atoms with Crippen LogP contribution < -0.4 is 5.32 Å². The summed E-state index contributed by atoms with van der Waals surface area (Å²) in [6.45, 7) is 3.46. The average Bonchev–Trinajstić information content (AvgIpc) is 2.82. The zero-order valence-electron chi connectivity index (χ0n) is 14.8. The van der Waals surface area contributed by atoms with Gasteiger partial charge < -0.3 is 5.32 Å². The minimum atomic E-state index is -0.532. The molecule has 0 aliphatic heterocycles. The summed E-state index contributed by atoms with van der Waals surface area (Å²) in [5, 5.41) is 6.72. The van der Waals surface area contributed by atoms with Crippen LogP contribution in [0.15, 0.2) is 42.5 Å². The molecular formula is C20H19F2N3O. The second-order valence-corrected chi connectivity index (χ2v) is 6.23. The number of para-hydroxylation sites is 1. The van der Waals surface area contributed by atoms with Gasteiger partial charge in [0.05, 0.1) is 12.1 Å². The molecule has 0 unspecified atom stereocenters. The first-order chi connectivity index (χ1) is 12.4. The van der Waals surface area contributed by atoms with Crippen molar-refractivity contribution >= 4 is 11.6 Å². The van der Waals surface area contributed by atoms with Gasteiger partial charge in [0.1, 0.15) is 5.82 Å². The van der Waals surface area contributed by atoms with Crippen LogP contribution in [0.25, 0.3) is 11.1 Å². The summed E-state index contributed by atoms with van der Waals surface area (Å²) in [5.41, 5.74) is 2.98. The van der Waals surface area contributed by atoms with E-state index in [1.807, 2.05) is 13.0 Å². The summed E-state index contributed by atoms with van der Waals surface area (Å²) in [6.07, 6.45) is -0.143. The molecule has 0 saturated heterocycles. The molecule has 0 spiro atoms. The molecule has 1 amide bonds. The molecule has 0 fully saturated rings. The van der Waals surface area contributed by atoms with Gasteiger partial charge >= 0.3 is 0 Å². The number of nitrogens with zero attached hydrogens (tertiary/aromatic N) is 2. The van der Waals surface area contributed by atoms with Crippen LogP contribution in [0.3, 0.4) is 0 Å². The Morgan fingerprint density at radius 1 is 1.12 bits per heavy atom. The lowest BCUT2D eigenvalue weighted by atomic mass is 10.0. The number of anilines is 1. The number of carbonyl (C=O) groups excluding carboxylic acids is 1. The zero-order chi connectivity index (χ0) is 18.8. The first-order valence-corrected chi connectivity index (χ1v) is 8.20. The second kappa shape index (κ2) is 7.07. The van der Waals surface area contributed by atoms with Gasteiger partial charge in [0.25, 0.3) is 0 Å². The van der Waals surface area contributed by atoms with E-state index in [-0.39, 0.29) is 23.7 Å². The number of carbonyl (C=O) groups is 1. The Bertz CT molecular complexity index is 979. The van der Waals surface area contributed by atoms with Crippen LogP contribution in [0.1, 0.15) is 16.8 Å². The molecule has 134 valence electrons. The summed E-state index contributed by atoms with van der Waals surface area (Å²) >= 11 is 0. The molecule has 3 aromatic rings. The van der Waals surface area contributed by atoms with E-state index in [2.05, 4.69) is 10.4 Å². The van der Waals surface area contributed by atoms with E-state index in [1.165, 1.54) is 13.1 Å². The van der Waals surface area contributed by atoms with Crippen molar-refractivity contribution in [2.45, 2.75) is 20.3 Å². The smallest absolute Gasteiger partial charge is 0.229 e. The van der Waals surface area contributed by atoms with E-state index in [9.17, 15) is 13.6 Å². The summed E-state index contributed by atoms with van der Waals surface area (Å²) in [6, 6.07) is 11.9. The van der Waals surface area contributed by atoms with E-state index in [0.717, 1.165) is 10.2 Å². The molecule has 1 aromatic heterocycles. The zero-order valence-corrected chi connectivity index (χ0v) is 14.8. The van der Waals surface area contributed by atoms with Gasteiger partial charge in [-0.2, -0.15) is 9.49 Å². The van der Waals surface area contributed by atoms with E-state index < -0.39 is 5.95 Å². The van der Waals surface area contributed by atoms with Crippen molar-refractivity contribution < 1.29 is 13.6 Å². The van der Waals surface area contributed by atoms with Crippen molar-refractivity contribution in [3.63, 3.8) is 0 Å². The van der Waals surface area contributed by atoms with Gasteiger partial charge in [-0.05, 0) is 31.5 Å². The molecule has 0 aliphatic carbocycles. The highest BCUT2D eigenvalue weighted by atomic mass is 19.1. The Hall–Kier alpha value is -3.02. The molecule has 1 heterocycles. The Kier molecular flexibility index (Phi) is 4.84. The van der Waals surface area contributed by atoms with E-state index in [0.29, 0.717) is 22.5 Å². The van der Waals surface area contributed by atoms with Crippen molar-refractivity contribution in [2.24, 2.45) is 7.05 Å². The molecule has 0 atom stereocenters. The van der Waals surface area contributed by atoms with Crippen LogP contribution in [0.4, 0.5) is 14.5 Å². The molecule has 6 heteroatoms. The van der Waals surface area contributed by atoms with Gasteiger partial charge in [-0.1, -0.05) is 30.3 Å². The molecule has 1 N–H and O–H groups in total. The van der Waals surface area contributed by atoms with Gasteiger partial charge in [0.2, 0.25) is 11.9 Å². The standard InChI is InChI=1S/C20H19F2N3O/c1-12-8-9-14(17(21)10-12)15-6-4-5-7-18(15)23-19(26)11-16-13(2)24-25(3)20(16)22/h4-10H,11H2,1-3H3,(H,23,26). The van der Waals surface area contributed by atoms with Crippen LogP contribution in [-0.2, 0) is 18.3 Å². The molecule has 3 rings (SSSR count). The van der Waals surface area contributed by atoms with Crippen LogP contribution in [0.2, 0.25) is 0 Å². The third-order valence-electron chi connectivity index (χ3n) is 4.22. The third-order valence-corrected chi connectivity index (χ3v) is 4.22. The summed E-state index contributed by atoms with van der Waals surface area (Å²) < 4.78 is 29.5. The molecule has 0 bridgehead atoms. The van der Waals surface area contributed by atoms with Crippen LogP contribution in [0, 0.1) is 25.6 Å². The van der Waals surface area contributed by atoms with Crippen LogP contribution >= 0.6 is 0 Å². The average molecular weight is 355 g/mol. The summed E-state index contributed by atoms with van der Waals surface area (Å²) in [7, 11) is 1.49. The summed E-state index contributed by atoms with van der Waals surface area (Å²) in [5.74, 6) is -1.28. The highest BCUT2D eigenvalue weighted by Gasteiger charge is 2.18. The first kappa shape index (κ1) is 17.8. The topological polar surface area (TPSA) is 46.9 Å². The van der Waals surface area contributed by atoms with Gasteiger partial charge in [0, 0.05) is 29.4 Å². The van der Waals surface area contributed by atoms with Crippen molar-refractivity contribution in [3.8, 4) is 11.1 Å². The van der Waals surface area contributed by atoms with E-state index in [4.69, 9.17) is 0 Å². The second-order valence-electron chi connectivity index (χ2n) is 6.23. The number of benzene rings is 2. The number of aromatic nitrogens is 2. The number of hydrogen-bond acceptors (Lipinski definition) is 2. The lowest BCUT2D eigenvalue weighted by Crippen LogP contribution is -2.16. The number of halogens is 2. The maximum absolute atomic E-state index is 14.3. The van der Waals surface area contributed by atoms with Crippen molar-refractivity contribution in [2.75, 3.05) is 5.32 Å². The molecular weight excluding hydrogens is 336 g/mol. The fourth-order valence-electron chi connectivity index (χ4n) is 2.90. The number of nitrogens with one attached hydrogen (secondary N) is 1. The third kappa shape index (κ3) is 3.49. The minimum absolute atomic E-state index is 0.143. The highest BCUT2D eigenvalue weighted by Crippen LogP contribution is 2.30. The van der Waals surface area contributed by atoms with Crippen molar-refractivity contribution in [1.82, 2.24) is 9.78 Å². The fourth-order valence-corrected chi connectivity index (χ4v) is 2.90. The van der Waals surface area contributed by atoms with Gasteiger partial charge in [-0.25, -0.2) is 9.07 Å². The fraction of sp³-hybridized carbons (Fsp3) is 0.200. The monoisotopic (exact) mass is 355 g/mol. The maximum atomic E-state index is 14.3. The number of amides is 1. The SMILES string of the molecule is Cc1ccc(-c2ccccc2NC(=O)Cc2c(C)nn(C)c2F)c(F)c1. The normalized spacial score (nSPS) is 10.8. The van der Waals surface area contributed by atoms with Crippen LogP contribution in [-0.4, -0.2) is 15.7 Å². The highest BCUT2D eigenvalue weighted by molar-refractivity contribution is 5.96. The van der Waals surface area contributed by atoms with E-state index in [1.54, 1.807) is 37.3 Å². The van der Waals surface area contributed by atoms with Crippen LogP contribution in [0.5, 0.6) is 0 Å². The molecule has 0 radical (unpaired) electrons. The number of rotatable bonds is 4. The van der Waals surface area contributed by atoms with Crippen molar-refractivity contribution in [3.05, 3.63) is 71.1 Å².